The molecule has 47 heavy (non-hydrogen) atoms. The molecule has 3 rings (SSSR count). The second-order valence-electron chi connectivity index (χ2n) is 10.4. The molecule has 0 aliphatic carbocycles. The first-order valence-corrected chi connectivity index (χ1v) is 14.7. The number of urea groups is 1. The van der Waals surface area contributed by atoms with E-state index in [9.17, 15) is 37.1 Å². The van der Waals surface area contributed by atoms with Crippen LogP contribution in [0.4, 0.5) is 18.0 Å². The Bertz CT molecular complexity index is 1490. The molecular formula is C33H35F3N4O7. The molecule has 0 heterocycles. The Morgan fingerprint density at radius 1 is 0.702 bits per heavy atom. The number of benzene rings is 3. The summed E-state index contributed by atoms with van der Waals surface area (Å²) < 4.78 is 37.2. The number of carbonyl (C=O) groups is 5. The highest BCUT2D eigenvalue weighted by atomic mass is 19.4. The summed E-state index contributed by atoms with van der Waals surface area (Å²) in [5, 5.41) is 10.6. The average Bonchev–Trinajstić information content (AvgIpc) is 3.06. The third-order valence-electron chi connectivity index (χ3n) is 6.78. The molecule has 4 N–H and O–H groups in total. The molecule has 0 aliphatic heterocycles. The Balaban J connectivity index is 1.46. The minimum absolute atomic E-state index is 0.0816. The average molecular weight is 657 g/mol. The number of nitrogens with one attached hydrogen (secondary N) is 4. The van der Waals surface area contributed by atoms with Gasteiger partial charge in [-0.2, -0.15) is 13.2 Å². The van der Waals surface area contributed by atoms with Crippen molar-refractivity contribution in [3.05, 3.63) is 96.1 Å². The molecule has 0 radical (unpaired) electrons. The van der Waals surface area contributed by atoms with Gasteiger partial charge in [0.15, 0.2) is 0 Å². The van der Waals surface area contributed by atoms with E-state index in [0.717, 1.165) is 16.7 Å². The summed E-state index contributed by atoms with van der Waals surface area (Å²) in [5.74, 6) is -5.18. The fraction of sp³-hybridized carbons (Fsp3) is 0.303. The summed E-state index contributed by atoms with van der Waals surface area (Å²) >= 11 is 0. The minimum atomic E-state index is -5.37. The van der Waals surface area contributed by atoms with Crippen LogP contribution in [-0.4, -0.2) is 49.0 Å². The fourth-order valence-corrected chi connectivity index (χ4v) is 4.32. The van der Waals surface area contributed by atoms with Gasteiger partial charge in [-0.15, -0.1) is 0 Å². The van der Waals surface area contributed by atoms with Gasteiger partial charge in [-0.25, -0.2) is 24.2 Å². The van der Waals surface area contributed by atoms with Crippen LogP contribution in [0, 0.1) is 0 Å². The van der Waals surface area contributed by atoms with Crippen LogP contribution in [0.15, 0.2) is 84.9 Å². The van der Waals surface area contributed by atoms with Crippen molar-refractivity contribution in [2.45, 2.75) is 50.9 Å². The van der Waals surface area contributed by atoms with E-state index in [1.807, 2.05) is 67.6 Å². The lowest BCUT2D eigenvalue weighted by atomic mass is 9.99. The van der Waals surface area contributed by atoms with Crippen molar-refractivity contribution in [1.29, 1.82) is 0 Å². The summed E-state index contributed by atoms with van der Waals surface area (Å²) in [6.45, 7) is 1.74. The van der Waals surface area contributed by atoms with Gasteiger partial charge in [0.2, 0.25) is 11.8 Å². The summed E-state index contributed by atoms with van der Waals surface area (Å²) in [6, 6.07) is 23.8. The van der Waals surface area contributed by atoms with Crippen molar-refractivity contribution in [2.24, 2.45) is 0 Å². The topological polar surface area (TPSA) is 152 Å². The zero-order valence-corrected chi connectivity index (χ0v) is 25.5. The van der Waals surface area contributed by atoms with E-state index < -0.39 is 48.9 Å². The molecule has 4 amide bonds. The SMILES string of the molecule is C[C@@H](NC(=O)NCCCCC(=O)NCC(=O)NC(CC(=O)OOC(=O)C(F)(F)F)c1ccc(-c2ccccc2)cc1)c1ccccc1. The maximum absolute atomic E-state index is 12.7. The minimum Gasteiger partial charge on any atom is -0.347 e. The predicted octanol–water partition coefficient (Wildman–Crippen LogP) is 4.81. The highest BCUT2D eigenvalue weighted by Crippen LogP contribution is 2.24. The van der Waals surface area contributed by atoms with Gasteiger partial charge < -0.3 is 21.3 Å². The second-order valence-corrected chi connectivity index (χ2v) is 10.4. The van der Waals surface area contributed by atoms with Crippen LogP contribution >= 0.6 is 0 Å². The van der Waals surface area contributed by atoms with Crippen molar-refractivity contribution >= 4 is 29.8 Å². The van der Waals surface area contributed by atoms with E-state index in [1.165, 1.54) is 0 Å². The van der Waals surface area contributed by atoms with Crippen LogP contribution in [-0.2, 0) is 29.0 Å². The smallest absolute Gasteiger partial charge is 0.347 e. The van der Waals surface area contributed by atoms with Gasteiger partial charge in [0.05, 0.1) is 25.0 Å². The normalized spacial score (nSPS) is 12.2. The molecular weight excluding hydrogens is 621 g/mol. The standard InChI is InChI=1S/C33H35F3N4O7/c1-22(23-10-4-2-5-11-23)39-32(45)37-19-9-8-14-28(41)38-21-29(42)40-27(20-30(43)46-47-31(44)33(34,35)36)26-17-15-25(16-18-26)24-12-6-3-7-13-24/h2-7,10-13,15-18,22,27H,8-9,14,19-21H2,1H3,(H,38,41)(H,40,42)(H2,37,39,45)/t22-,27?/m1/s1. The third-order valence-corrected chi connectivity index (χ3v) is 6.78. The van der Waals surface area contributed by atoms with Gasteiger partial charge in [-0.3, -0.25) is 9.59 Å². The number of hydrogen-bond acceptors (Lipinski definition) is 7. The number of hydrogen-bond donors (Lipinski definition) is 4. The number of rotatable bonds is 14. The van der Waals surface area contributed by atoms with Crippen LogP contribution in [0.25, 0.3) is 11.1 Å². The first-order chi connectivity index (χ1) is 22.4. The molecule has 250 valence electrons. The van der Waals surface area contributed by atoms with Gasteiger partial charge in [-0.1, -0.05) is 84.9 Å². The first-order valence-electron chi connectivity index (χ1n) is 14.7. The summed E-state index contributed by atoms with van der Waals surface area (Å²) in [5.41, 5.74) is 3.09. The Kier molecular flexibility index (Phi) is 13.8. The molecule has 2 atom stereocenters. The largest absolute Gasteiger partial charge is 0.495 e. The van der Waals surface area contributed by atoms with Crippen LogP contribution in [0.5, 0.6) is 0 Å². The van der Waals surface area contributed by atoms with Crippen molar-refractivity contribution in [1.82, 2.24) is 21.3 Å². The van der Waals surface area contributed by atoms with Crippen LogP contribution in [0.3, 0.4) is 0 Å². The Hall–Kier alpha value is -5.40. The van der Waals surface area contributed by atoms with E-state index in [-0.39, 0.29) is 18.5 Å². The molecule has 0 saturated heterocycles. The maximum Gasteiger partial charge on any atom is 0.495 e. The molecule has 0 spiro atoms. The van der Waals surface area contributed by atoms with Crippen molar-refractivity contribution in [3.8, 4) is 11.1 Å². The second kappa shape index (κ2) is 17.9. The molecule has 0 fully saturated rings. The fourth-order valence-electron chi connectivity index (χ4n) is 4.32. The van der Waals surface area contributed by atoms with Crippen molar-refractivity contribution in [3.63, 3.8) is 0 Å². The quantitative estimate of drug-likeness (QED) is 0.110. The zero-order valence-electron chi connectivity index (χ0n) is 25.5. The maximum atomic E-state index is 12.7. The van der Waals surface area contributed by atoms with Crippen molar-refractivity contribution in [2.75, 3.05) is 13.1 Å². The van der Waals surface area contributed by atoms with E-state index in [0.29, 0.717) is 24.9 Å². The lowest BCUT2D eigenvalue weighted by Gasteiger charge is -2.19. The molecule has 1 unspecified atom stereocenters. The number of alkyl halides is 3. The molecule has 0 aromatic heterocycles. The Morgan fingerprint density at radius 3 is 1.96 bits per heavy atom. The van der Waals surface area contributed by atoms with Gasteiger partial charge >= 0.3 is 24.1 Å². The van der Waals surface area contributed by atoms with Crippen LogP contribution in [0.2, 0.25) is 0 Å². The van der Waals surface area contributed by atoms with E-state index in [1.54, 1.807) is 24.3 Å². The lowest BCUT2D eigenvalue weighted by molar-refractivity contribution is -0.286. The number of halogens is 3. The summed E-state index contributed by atoms with van der Waals surface area (Å²) in [7, 11) is 0. The number of amides is 4. The number of carbonyl (C=O) groups excluding carboxylic acids is 5. The summed E-state index contributed by atoms with van der Waals surface area (Å²) in [4.78, 5) is 67.7. The van der Waals surface area contributed by atoms with E-state index >= 15 is 0 Å². The molecule has 3 aromatic carbocycles. The van der Waals surface area contributed by atoms with E-state index in [2.05, 4.69) is 31.0 Å². The molecule has 11 nitrogen and oxygen atoms in total. The van der Waals surface area contributed by atoms with Gasteiger partial charge in [0.25, 0.3) is 0 Å². The molecule has 3 aromatic rings. The van der Waals surface area contributed by atoms with Gasteiger partial charge in [-0.05, 0) is 42.0 Å². The Morgan fingerprint density at radius 2 is 1.32 bits per heavy atom. The van der Waals surface area contributed by atoms with Crippen molar-refractivity contribution < 1.29 is 46.9 Å². The zero-order chi connectivity index (χ0) is 34.2. The monoisotopic (exact) mass is 656 g/mol. The van der Waals surface area contributed by atoms with Crippen LogP contribution in [0.1, 0.15) is 55.8 Å². The van der Waals surface area contributed by atoms with Gasteiger partial charge in [0, 0.05) is 13.0 Å². The first kappa shape index (κ1) is 36.1. The predicted molar refractivity (Wildman–Crippen MR) is 164 cm³/mol. The van der Waals surface area contributed by atoms with Crippen LogP contribution < -0.4 is 21.3 Å². The third kappa shape index (κ3) is 12.9. The number of unbranched alkanes of at least 4 members (excludes halogenated alkanes) is 1. The lowest BCUT2D eigenvalue weighted by Crippen LogP contribution is -2.39. The molecule has 0 aliphatic rings. The van der Waals surface area contributed by atoms with E-state index in [4.69, 9.17) is 0 Å². The molecule has 0 saturated carbocycles. The molecule has 14 heteroatoms. The molecule has 0 bridgehead atoms. The highest BCUT2D eigenvalue weighted by molar-refractivity contribution is 5.85. The highest BCUT2D eigenvalue weighted by Gasteiger charge is 2.43. The summed E-state index contributed by atoms with van der Waals surface area (Å²) in [6.07, 6.45) is -5.03. The Labute approximate surface area is 269 Å². The van der Waals surface area contributed by atoms with Gasteiger partial charge in [0.1, 0.15) is 0 Å².